The van der Waals surface area contributed by atoms with Gasteiger partial charge in [0.1, 0.15) is 41.8 Å². The van der Waals surface area contributed by atoms with Crippen LogP contribution in [0.25, 0.3) is 22.2 Å². The molecule has 3 saturated heterocycles. The molecule has 0 radical (unpaired) electrons. The van der Waals surface area contributed by atoms with Crippen LogP contribution in [0.5, 0.6) is 0 Å². The van der Waals surface area contributed by atoms with E-state index >= 15 is 8.78 Å². The SMILES string of the molecule is NC(=O)c1cccc2c1nnn2[C@@H]1O[C@@H]2COP(O)(=S)O[C@@H]3C(COP(=O)(S)O[C@@H]1[C@@H]2F)O[C@@H](n1cnc2c(N)ncnc21)[C@@H]3F. The van der Waals surface area contributed by atoms with E-state index in [9.17, 15) is 14.3 Å². The monoisotopic (exact) mass is 721 g/mol. The van der Waals surface area contributed by atoms with Gasteiger partial charge in [0.15, 0.2) is 36.3 Å². The zero-order valence-corrected chi connectivity index (χ0v) is 26.4. The molecule has 3 unspecified atom stereocenters. The lowest BCUT2D eigenvalue weighted by atomic mass is 10.1. The predicted molar refractivity (Wildman–Crippen MR) is 158 cm³/mol. The van der Waals surface area contributed by atoms with E-state index in [0.717, 1.165) is 11.0 Å². The molecular formula is C22H23F2N9O9P2S2. The van der Waals surface area contributed by atoms with Gasteiger partial charge in [0.05, 0.1) is 30.6 Å². The van der Waals surface area contributed by atoms with Gasteiger partial charge in [-0.15, -0.1) is 5.10 Å². The Morgan fingerprint density at radius 2 is 1.80 bits per heavy atom. The van der Waals surface area contributed by atoms with E-state index in [-0.39, 0.29) is 33.6 Å². The molecule has 4 aromatic rings. The van der Waals surface area contributed by atoms with Crippen LogP contribution >= 0.6 is 25.8 Å². The Labute approximate surface area is 266 Å². The standard InChI is InChI=1S/C22H23F2N9O9P2S2/c23-12-10-4-37-43(35,45)41-16-11(40-21(13(16)24)32-7-29-15-18(25)27-6-28-20(15)32)5-38-44(36,46)42-17(12)22(39-10)33-9-3-1-2-8(19(26)34)14(9)30-31-33/h1-3,6-7,10-13,16-17,21-22H,4-5H2,(H2,26,34)(H,35,45)(H,36,46)(H2,25,27,28)/t10-,11?,12-,13-,16-,17-,21-,22-,43?,44?/m1/s1. The van der Waals surface area contributed by atoms with Crippen molar-refractivity contribution in [1.29, 1.82) is 0 Å². The zero-order chi connectivity index (χ0) is 32.5. The maximum atomic E-state index is 16.0. The lowest BCUT2D eigenvalue weighted by molar-refractivity contribution is -0.0618. The summed E-state index contributed by atoms with van der Waals surface area (Å²) in [5.74, 6) is -0.743. The first-order valence-electron chi connectivity index (χ1n) is 13.3. The fraction of sp³-hybridized carbons (Fsp3) is 0.455. The first-order chi connectivity index (χ1) is 21.8. The van der Waals surface area contributed by atoms with E-state index < -0.39 is 81.9 Å². The number of hydrogen-bond donors (Lipinski definition) is 4. The number of carbonyl (C=O) groups is 1. The fourth-order valence-corrected chi connectivity index (χ4v) is 8.31. The molecule has 3 aromatic heterocycles. The number of nitrogen functional groups attached to an aromatic ring is 1. The van der Waals surface area contributed by atoms with Crippen molar-refractivity contribution in [2.75, 3.05) is 18.9 Å². The third-order valence-electron chi connectivity index (χ3n) is 7.52. The average Bonchev–Trinajstić information content (AvgIpc) is 3.76. The van der Waals surface area contributed by atoms with Gasteiger partial charge < -0.3 is 30.4 Å². The van der Waals surface area contributed by atoms with Gasteiger partial charge in [0.2, 0.25) is 0 Å². The van der Waals surface area contributed by atoms with Crippen molar-refractivity contribution in [3.05, 3.63) is 36.4 Å². The average molecular weight is 722 g/mol. The lowest BCUT2D eigenvalue weighted by Crippen LogP contribution is -2.34. The maximum absolute atomic E-state index is 16.0. The number of amides is 1. The van der Waals surface area contributed by atoms with E-state index in [1.54, 1.807) is 0 Å². The molecule has 3 fully saturated rings. The Kier molecular flexibility index (Phi) is 8.12. The van der Waals surface area contributed by atoms with Crippen molar-refractivity contribution in [2.45, 2.75) is 49.2 Å². The highest BCUT2D eigenvalue weighted by Crippen LogP contribution is 2.59. The van der Waals surface area contributed by atoms with Crippen molar-refractivity contribution >= 4 is 71.5 Å². The molecule has 7 rings (SSSR count). The summed E-state index contributed by atoms with van der Waals surface area (Å²) in [6.07, 6.45) is -10.9. The second-order valence-corrected chi connectivity index (χ2v) is 16.0. The van der Waals surface area contributed by atoms with Gasteiger partial charge in [-0.1, -0.05) is 23.5 Å². The normalized spacial score (nSPS) is 37.0. The van der Waals surface area contributed by atoms with Gasteiger partial charge in [-0.3, -0.25) is 22.9 Å². The van der Waals surface area contributed by atoms with Crippen LogP contribution in [0.3, 0.4) is 0 Å². The number of primary amides is 1. The molecule has 46 heavy (non-hydrogen) atoms. The number of nitrogens with two attached hydrogens (primary N) is 2. The van der Waals surface area contributed by atoms with Crippen LogP contribution in [-0.2, 0) is 43.9 Å². The van der Waals surface area contributed by atoms with Gasteiger partial charge in [0, 0.05) is 0 Å². The predicted octanol–water partition coefficient (Wildman–Crippen LogP) is 1.50. The molecule has 2 bridgehead atoms. The minimum Gasteiger partial charge on any atom is -0.382 e. The minimum atomic E-state index is -4.48. The maximum Gasteiger partial charge on any atom is 0.386 e. The van der Waals surface area contributed by atoms with Gasteiger partial charge in [-0.25, -0.2) is 33.0 Å². The van der Waals surface area contributed by atoms with E-state index in [0.29, 0.717) is 0 Å². The molecule has 5 N–H and O–H groups in total. The largest absolute Gasteiger partial charge is 0.386 e. The number of anilines is 1. The summed E-state index contributed by atoms with van der Waals surface area (Å²) in [5.41, 5.74) is 11.9. The van der Waals surface area contributed by atoms with Crippen molar-refractivity contribution in [1.82, 2.24) is 34.5 Å². The Morgan fingerprint density at radius 1 is 1.04 bits per heavy atom. The van der Waals surface area contributed by atoms with Gasteiger partial charge in [0.25, 0.3) is 5.91 Å². The first-order valence-corrected chi connectivity index (χ1v) is 18.6. The quantitative estimate of drug-likeness (QED) is 0.173. The first kappa shape index (κ1) is 31.8. The van der Waals surface area contributed by atoms with Crippen LogP contribution in [0.15, 0.2) is 30.9 Å². The topological polar surface area (TPSA) is 236 Å². The van der Waals surface area contributed by atoms with Gasteiger partial charge >= 0.3 is 13.5 Å². The number of benzene rings is 1. The Balaban J connectivity index is 1.20. The highest BCUT2D eigenvalue weighted by Gasteiger charge is 2.54. The van der Waals surface area contributed by atoms with Gasteiger partial charge in [-0.2, -0.15) is 0 Å². The molecule has 6 heterocycles. The Hall–Kier alpha value is -2.75. The molecule has 18 nitrogen and oxygen atoms in total. The molecule has 10 atom stereocenters. The number of aromatic nitrogens is 7. The van der Waals surface area contributed by atoms with Crippen LogP contribution in [-0.4, -0.2) is 95.3 Å². The summed E-state index contributed by atoms with van der Waals surface area (Å²) in [6.45, 7) is -10.2. The number of fused-ring (bicyclic) bond motifs is 5. The van der Waals surface area contributed by atoms with Crippen LogP contribution in [0, 0.1) is 0 Å². The number of ether oxygens (including phenoxy) is 2. The van der Waals surface area contributed by atoms with Crippen molar-refractivity contribution in [2.24, 2.45) is 5.73 Å². The van der Waals surface area contributed by atoms with Crippen LogP contribution in [0.4, 0.5) is 14.6 Å². The number of rotatable bonds is 3. The van der Waals surface area contributed by atoms with Crippen molar-refractivity contribution in [3.8, 4) is 0 Å². The number of alkyl halides is 2. The highest BCUT2D eigenvalue weighted by atomic mass is 32.7. The smallest absolute Gasteiger partial charge is 0.382 e. The zero-order valence-electron chi connectivity index (χ0n) is 22.9. The summed E-state index contributed by atoms with van der Waals surface area (Å²) < 4.78 is 81.3. The summed E-state index contributed by atoms with van der Waals surface area (Å²) in [4.78, 5) is 34.9. The molecule has 0 aliphatic carbocycles. The Bertz CT molecular complexity index is 1940. The number of carbonyl (C=O) groups excluding carboxylic acids is 1. The number of hydrogen-bond acceptors (Lipinski definition) is 15. The number of imidazole rings is 1. The number of thiol groups is 1. The van der Waals surface area contributed by atoms with Crippen molar-refractivity contribution < 1.29 is 50.6 Å². The van der Waals surface area contributed by atoms with Crippen molar-refractivity contribution in [3.63, 3.8) is 0 Å². The second kappa shape index (κ2) is 11.7. The molecule has 0 saturated carbocycles. The molecule has 0 spiro atoms. The third-order valence-corrected chi connectivity index (χ3v) is 10.7. The second-order valence-electron chi connectivity index (χ2n) is 10.3. The molecule has 1 aromatic carbocycles. The van der Waals surface area contributed by atoms with Gasteiger partial charge in [-0.05, 0) is 23.9 Å². The molecular weight excluding hydrogens is 698 g/mol. The molecule has 3 aliphatic rings. The highest BCUT2D eigenvalue weighted by molar-refractivity contribution is 8.44. The summed E-state index contributed by atoms with van der Waals surface area (Å²) in [6, 6.07) is 4.44. The third kappa shape index (κ3) is 5.60. The van der Waals surface area contributed by atoms with E-state index in [2.05, 4.69) is 37.5 Å². The van der Waals surface area contributed by atoms with Crippen LogP contribution in [0.2, 0.25) is 0 Å². The molecule has 1 amide bonds. The Morgan fingerprint density at radius 3 is 2.59 bits per heavy atom. The van der Waals surface area contributed by atoms with E-state index in [1.807, 2.05) is 0 Å². The summed E-state index contributed by atoms with van der Waals surface area (Å²) in [7, 11) is 0. The van der Waals surface area contributed by atoms with Crippen LogP contribution in [0.1, 0.15) is 22.8 Å². The van der Waals surface area contributed by atoms with Crippen LogP contribution < -0.4 is 11.5 Å². The minimum absolute atomic E-state index is 0.0366. The summed E-state index contributed by atoms with van der Waals surface area (Å²) in [5, 5.41) is 7.94. The fourth-order valence-electron chi connectivity index (χ4n) is 5.43. The summed E-state index contributed by atoms with van der Waals surface area (Å²) >= 11 is 9.14. The van der Waals surface area contributed by atoms with E-state index in [4.69, 9.17) is 50.8 Å². The molecule has 24 heteroatoms. The van der Waals surface area contributed by atoms with E-state index in [1.165, 1.54) is 29.1 Å². The number of nitrogens with zero attached hydrogens (tertiary/aromatic N) is 7. The number of halogens is 2. The molecule has 3 aliphatic heterocycles. The lowest BCUT2D eigenvalue weighted by Gasteiger charge is -2.26. The molecule has 246 valence electrons.